The van der Waals surface area contributed by atoms with Crippen LogP contribution in [0, 0.1) is 0 Å². The van der Waals surface area contributed by atoms with Gasteiger partial charge in [-0.25, -0.2) is 0 Å². The van der Waals surface area contributed by atoms with E-state index in [0.29, 0.717) is 11.8 Å². The average molecular weight is 215 g/mol. The first-order valence-electron chi connectivity index (χ1n) is 6.18. The second-order valence-electron chi connectivity index (χ2n) is 4.85. The minimum absolute atomic E-state index is 0.361. The second-order valence-corrected chi connectivity index (χ2v) is 4.85. The van der Waals surface area contributed by atoms with Crippen LogP contribution in [-0.2, 0) is 11.2 Å². The Hall–Kier alpha value is -1.15. The van der Waals surface area contributed by atoms with Crippen molar-refractivity contribution in [2.75, 3.05) is 13.1 Å². The van der Waals surface area contributed by atoms with Crippen LogP contribution >= 0.6 is 0 Å². The van der Waals surface area contributed by atoms with Crippen molar-refractivity contribution in [3.05, 3.63) is 35.4 Å². The van der Waals surface area contributed by atoms with E-state index in [2.05, 4.69) is 29.2 Å². The summed E-state index contributed by atoms with van der Waals surface area (Å²) in [6.45, 7) is 2.21. The Morgan fingerprint density at radius 2 is 2.00 bits per heavy atom. The van der Waals surface area contributed by atoms with E-state index >= 15 is 0 Å². The molecule has 1 fully saturated rings. The fourth-order valence-corrected chi connectivity index (χ4v) is 3.01. The van der Waals surface area contributed by atoms with Gasteiger partial charge >= 0.3 is 0 Å². The molecular formula is C14H17NO. The van der Waals surface area contributed by atoms with Gasteiger partial charge in [0.25, 0.3) is 0 Å². The first-order valence-corrected chi connectivity index (χ1v) is 6.18. The number of ketones is 1. The normalized spacial score (nSPS) is 25.8. The monoisotopic (exact) mass is 215 g/mol. The molecule has 1 unspecified atom stereocenters. The maximum Gasteiger partial charge on any atom is 0.134 e. The van der Waals surface area contributed by atoms with Crippen LogP contribution in [0.25, 0.3) is 0 Å². The van der Waals surface area contributed by atoms with Crippen LogP contribution in [0.3, 0.4) is 0 Å². The molecule has 0 N–H and O–H groups in total. The molecule has 16 heavy (non-hydrogen) atoms. The number of benzene rings is 1. The maximum atomic E-state index is 11.7. The van der Waals surface area contributed by atoms with Gasteiger partial charge in [0.1, 0.15) is 5.78 Å². The van der Waals surface area contributed by atoms with Gasteiger partial charge in [0.05, 0.1) is 0 Å². The highest BCUT2D eigenvalue weighted by Gasteiger charge is 2.30. The van der Waals surface area contributed by atoms with Crippen molar-refractivity contribution in [3.63, 3.8) is 0 Å². The van der Waals surface area contributed by atoms with Crippen LogP contribution in [0.1, 0.15) is 36.4 Å². The molecule has 1 saturated heterocycles. The largest absolute Gasteiger partial charge is 0.300 e. The van der Waals surface area contributed by atoms with Gasteiger partial charge in [0.2, 0.25) is 0 Å². The lowest BCUT2D eigenvalue weighted by Gasteiger charge is -2.35. The van der Waals surface area contributed by atoms with E-state index in [1.54, 1.807) is 0 Å². The van der Waals surface area contributed by atoms with Crippen molar-refractivity contribution in [3.8, 4) is 0 Å². The molecule has 1 atom stereocenters. The fraction of sp³-hybridized carbons (Fsp3) is 0.500. The van der Waals surface area contributed by atoms with Crippen LogP contribution in [0.2, 0.25) is 0 Å². The number of carbonyl (C=O) groups is 1. The van der Waals surface area contributed by atoms with Crippen molar-refractivity contribution >= 4 is 5.78 Å². The third-order valence-corrected chi connectivity index (χ3v) is 3.85. The molecule has 2 heterocycles. The predicted molar refractivity (Wildman–Crippen MR) is 63.3 cm³/mol. The van der Waals surface area contributed by atoms with Crippen LogP contribution < -0.4 is 0 Å². The third-order valence-electron chi connectivity index (χ3n) is 3.85. The minimum atomic E-state index is 0.361. The summed E-state index contributed by atoms with van der Waals surface area (Å²) in [6.07, 6.45) is 3.67. The molecule has 0 aliphatic carbocycles. The van der Waals surface area contributed by atoms with Crippen LogP contribution in [0.15, 0.2) is 24.3 Å². The fourth-order valence-electron chi connectivity index (χ4n) is 3.01. The Labute approximate surface area is 96.3 Å². The quantitative estimate of drug-likeness (QED) is 0.662. The smallest absolute Gasteiger partial charge is 0.134 e. The van der Waals surface area contributed by atoms with Gasteiger partial charge in [-0.05, 0) is 30.5 Å². The van der Waals surface area contributed by atoms with E-state index in [1.165, 1.54) is 11.1 Å². The van der Waals surface area contributed by atoms with Gasteiger partial charge in [-0.2, -0.15) is 0 Å². The molecule has 2 aliphatic heterocycles. The second kappa shape index (κ2) is 4.02. The van der Waals surface area contributed by atoms with Gasteiger partial charge in [-0.3, -0.25) is 9.69 Å². The molecule has 0 bridgehead atoms. The van der Waals surface area contributed by atoms with Crippen LogP contribution in [0.5, 0.6) is 0 Å². The zero-order valence-electron chi connectivity index (χ0n) is 9.48. The summed E-state index contributed by atoms with van der Waals surface area (Å²) < 4.78 is 0. The number of hydrogen-bond acceptors (Lipinski definition) is 2. The summed E-state index contributed by atoms with van der Waals surface area (Å²) in [4.78, 5) is 14.2. The lowest BCUT2D eigenvalue weighted by Crippen LogP contribution is -2.35. The Bertz CT molecular complexity index is 413. The minimum Gasteiger partial charge on any atom is -0.300 e. The average Bonchev–Trinajstić information content (AvgIpc) is 2.50. The molecule has 1 aromatic rings. The number of hydrogen-bond donors (Lipinski definition) is 0. The molecule has 0 radical (unpaired) electrons. The van der Waals surface area contributed by atoms with Crippen molar-refractivity contribution < 1.29 is 4.79 Å². The van der Waals surface area contributed by atoms with Gasteiger partial charge in [-0.1, -0.05) is 24.3 Å². The molecule has 0 saturated carbocycles. The predicted octanol–water partition coefficient (Wildman–Crippen LogP) is 2.34. The number of rotatable bonds is 0. The molecular weight excluding hydrogens is 198 g/mol. The number of Topliss-reactive ketones (excluding diaryl/α,β-unsaturated/α-hetero) is 1. The summed E-state index contributed by atoms with van der Waals surface area (Å²) in [5, 5.41) is 0. The molecule has 2 nitrogen and oxygen atoms in total. The molecule has 2 aliphatic rings. The van der Waals surface area contributed by atoms with Crippen LogP contribution in [0.4, 0.5) is 0 Å². The lowest BCUT2D eigenvalue weighted by atomic mass is 9.90. The van der Waals surface area contributed by atoms with Gasteiger partial charge in [0.15, 0.2) is 0 Å². The zero-order valence-corrected chi connectivity index (χ0v) is 9.48. The van der Waals surface area contributed by atoms with E-state index in [1.807, 2.05) is 0 Å². The Morgan fingerprint density at radius 3 is 2.94 bits per heavy atom. The Balaban J connectivity index is 1.98. The highest BCUT2D eigenvalue weighted by atomic mass is 16.1. The summed E-state index contributed by atoms with van der Waals surface area (Å²) in [6, 6.07) is 8.97. The lowest BCUT2D eigenvalue weighted by molar-refractivity contribution is -0.119. The number of fused-ring (bicyclic) bond motifs is 3. The van der Waals surface area contributed by atoms with Gasteiger partial charge < -0.3 is 0 Å². The van der Waals surface area contributed by atoms with Crippen molar-refractivity contribution in [1.82, 2.24) is 4.90 Å². The van der Waals surface area contributed by atoms with Crippen molar-refractivity contribution in [2.24, 2.45) is 0 Å². The molecule has 3 rings (SSSR count). The molecule has 84 valence electrons. The van der Waals surface area contributed by atoms with Crippen molar-refractivity contribution in [1.29, 1.82) is 0 Å². The topological polar surface area (TPSA) is 20.3 Å². The summed E-state index contributed by atoms with van der Waals surface area (Å²) >= 11 is 0. The zero-order chi connectivity index (χ0) is 11.0. The number of carbonyl (C=O) groups excluding carboxylic acids is 1. The van der Waals surface area contributed by atoms with Gasteiger partial charge in [0, 0.05) is 25.4 Å². The summed E-state index contributed by atoms with van der Waals surface area (Å²) in [5.74, 6) is 0.434. The van der Waals surface area contributed by atoms with E-state index in [0.717, 1.165) is 38.8 Å². The molecule has 2 heteroatoms. The number of nitrogens with zero attached hydrogens (tertiary/aromatic N) is 1. The highest BCUT2D eigenvalue weighted by Crippen LogP contribution is 2.34. The first kappa shape index (κ1) is 10.0. The van der Waals surface area contributed by atoms with Crippen LogP contribution in [-0.4, -0.2) is 23.8 Å². The van der Waals surface area contributed by atoms with Crippen molar-refractivity contribution in [2.45, 2.75) is 31.7 Å². The van der Waals surface area contributed by atoms with E-state index in [9.17, 15) is 4.79 Å². The molecule has 0 aromatic heterocycles. The van der Waals surface area contributed by atoms with Gasteiger partial charge in [-0.15, -0.1) is 0 Å². The Kier molecular flexibility index (Phi) is 2.52. The highest BCUT2D eigenvalue weighted by molar-refractivity contribution is 5.79. The summed E-state index contributed by atoms with van der Waals surface area (Å²) in [5.41, 5.74) is 2.84. The molecule has 0 spiro atoms. The molecule has 1 aromatic carbocycles. The SMILES string of the molecule is O=C1CCCN2CCc3ccccc3C2C1. The standard InChI is InChI=1S/C14H17NO/c16-12-5-3-8-15-9-7-11-4-1-2-6-13(11)14(15)10-12/h1-2,4,6,14H,3,5,7-10H2. The summed E-state index contributed by atoms with van der Waals surface area (Å²) in [7, 11) is 0. The Morgan fingerprint density at radius 1 is 1.12 bits per heavy atom. The molecule has 0 amide bonds. The third kappa shape index (κ3) is 1.67. The first-order chi connectivity index (χ1) is 7.84. The maximum absolute atomic E-state index is 11.7. The van der Waals surface area contributed by atoms with E-state index in [4.69, 9.17) is 0 Å². The van der Waals surface area contributed by atoms with E-state index < -0.39 is 0 Å². The van der Waals surface area contributed by atoms with E-state index in [-0.39, 0.29) is 0 Å².